The van der Waals surface area contributed by atoms with Gasteiger partial charge in [0.25, 0.3) is 0 Å². The van der Waals surface area contributed by atoms with Crippen LogP contribution in [-0.2, 0) is 4.79 Å². The molecule has 0 aliphatic heterocycles. The van der Waals surface area contributed by atoms with Crippen molar-refractivity contribution in [2.75, 3.05) is 40.0 Å². The van der Waals surface area contributed by atoms with Crippen LogP contribution in [-0.4, -0.2) is 56.4 Å². The third kappa shape index (κ3) is 10.6. The summed E-state index contributed by atoms with van der Waals surface area (Å²) < 4.78 is 1.02. The number of quaternary nitrogens is 1. The van der Waals surface area contributed by atoms with Crippen molar-refractivity contribution in [2.24, 2.45) is 5.73 Å². The standard InChI is InChI=1S/C12H27N3OS/c1-15(2,3)9-7-5-4-6-8-14-12(16)11(13)10-17/h11H,4-10,13H2,1-3H3,(H-,14,16,17)/p+1. The van der Waals surface area contributed by atoms with E-state index in [1.807, 2.05) is 0 Å². The Kier molecular flexibility index (Phi) is 8.64. The average molecular weight is 262 g/mol. The molecule has 0 heterocycles. The molecule has 1 unspecified atom stereocenters. The fourth-order valence-corrected chi connectivity index (χ4v) is 1.66. The van der Waals surface area contributed by atoms with Crippen LogP contribution in [0.4, 0.5) is 0 Å². The first kappa shape index (κ1) is 16.7. The smallest absolute Gasteiger partial charge is 0.237 e. The van der Waals surface area contributed by atoms with Gasteiger partial charge in [-0.25, -0.2) is 0 Å². The summed E-state index contributed by atoms with van der Waals surface area (Å²) in [4.78, 5) is 11.3. The van der Waals surface area contributed by atoms with Crippen molar-refractivity contribution in [1.82, 2.24) is 5.32 Å². The van der Waals surface area contributed by atoms with Gasteiger partial charge in [-0.3, -0.25) is 4.79 Å². The zero-order valence-electron chi connectivity index (χ0n) is 11.4. The Balaban J connectivity index is 3.33. The molecule has 0 aromatic rings. The highest BCUT2D eigenvalue weighted by Gasteiger charge is 2.09. The third-order valence-electron chi connectivity index (χ3n) is 2.59. The molecule has 17 heavy (non-hydrogen) atoms. The lowest BCUT2D eigenvalue weighted by atomic mass is 10.2. The lowest BCUT2D eigenvalue weighted by molar-refractivity contribution is -0.870. The first-order valence-electron chi connectivity index (χ1n) is 6.31. The van der Waals surface area contributed by atoms with E-state index in [1.54, 1.807) is 0 Å². The number of amides is 1. The number of thiol groups is 1. The minimum absolute atomic E-state index is 0.0913. The minimum Gasteiger partial charge on any atom is -0.355 e. The molecule has 0 rings (SSSR count). The Morgan fingerprint density at radius 3 is 2.35 bits per heavy atom. The van der Waals surface area contributed by atoms with Crippen LogP contribution in [0.2, 0.25) is 0 Å². The van der Waals surface area contributed by atoms with E-state index in [9.17, 15) is 4.79 Å². The first-order chi connectivity index (χ1) is 7.87. The first-order valence-corrected chi connectivity index (χ1v) is 6.94. The van der Waals surface area contributed by atoms with Crippen molar-refractivity contribution in [3.63, 3.8) is 0 Å². The van der Waals surface area contributed by atoms with Gasteiger partial charge in [0.2, 0.25) is 5.91 Å². The van der Waals surface area contributed by atoms with Gasteiger partial charge < -0.3 is 15.5 Å². The van der Waals surface area contributed by atoms with Gasteiger partial charge in [0.1, 0.15) is 0 Å². The van der Waals surface area contributed by atoms with E-state index < -0.39 is 6.04 Å². The van der Waals surface area contributed by atoms with Crippen LogP contribution in [0.25, 0.3) is 0 Å². The Bertz CT molecular complexity index is 216. The maximum Gasteiger partial charge on any atom is 0.237 e. The number of hydrogen-bond acceptors (Lipinski definition) is 3. The summed E-state index contributed by atoms with van der Waals surface area (Å²) in [5.41, 5.74) is 5.54. The van der Waals surface area contributed by atoms with E-state index in [4.69, 9.17) is 5.73 Å². The van der Waals surface area contributed by atoms with Crippen LogP contribution in [0.1, 0.15) is 25.7 Å². The van der Waals surface area contributed by atoms with E-state index in [2.05, 4.69) is 39.1 Å². The Hall–Kier alpha value is -0.260. The van der Waals surface area contributed by atoms with Gasteiger partial charge in [-0.05, 0) is 19.3 Å². The van der Waals surface area contributed by atoms with E-state index >= 15 is 0 Å². The molecule has 4 nitrogen and oxygen atoms in total. The van der Waals surface area contributed by atoms with Crippen molar-refractivity contribution >= 4 is 18.5 Å². The number of nitrogens with zero attached hydrogens (tertiary/aromatic N) is 1. The lowest BCUT2D eigenvalue weighted by Crippen LogP contribution is -2.42. The van der Waals surface area contributed by atoms with Crippen molar-refractivity contribution in [2.45, 2.75) is 31.7 Å². The van der Waals surface area contributed by atoms with Gasteiger partial charge in [0, 0.05) is 12.3 Å². The molecule has 0 aliphatic carbocycles. The fourth-order valence-electron chi connectivity index (χ4n) is 1.49. The number of nitrogens with one attached hydrogen (secondary N) is 1. The van der Waals surface area contributed by atoms with Crippen LogP contribution in [0.15, 0.2) is 0 Å². The van der Waals surface area contributed by atoms with Crippen LogP contribution in [0, 0.1) is 0 Å². The second-order valence-electron chi connectivity index (χ2n) is 5.51. The second-order valence-corrected chi connectivity index (χ2v) is 5.87. The quantitative estimate of drug-likeness (QED) is 0.324. The molecule has 0 saturated heterocycles. The minimum atomic E-state index is -0.475. The summed E-state index contributed by atoms with van der Waals surface area (Å²) in [6.07, 6.45) is 4.66. The Labute approximate surface area is 111 Å². The van der Waals surface area contributed by atoms with Crippen molar-refractivity contribution in [3.8, 4) is 0 Å². The zero-order valence-corrected chi connectivity index (χ0v) is 12.3. The van der Waals surface area contributed by atoms with E-state index in [0.717, 1.165) is 23.9 Å². The summed E-state index contributed by atoms with van der Waals surface area (Å²) in [6.45, 7) is 1.93. The molecule has 0 spiro atoms. The molecule has 0 bridgehead atoms. The normalized spacial score (nSPS) is 13.5. The van der Waals surface area contributed by atoms with E-state index in [1.165, 1.54) is 19.4 Å². The van der Waals surface area contributed by atoms with Gasteiger partial charge in [-0.2, -0.15) is 12.6 Å². The highest BCUT2D eigenvalue weighted by molar-refractivity contribution is 7.80. The number of unbranched alkanes of at least 4 members (excludes halogenated alkanes) is 3. The molecule has 0 aromatic carbocycles. The predicted molar refractivity (Wildman–Crippen MR) is 76.2 cm³/mol. The van der Waals surface area contributed by atoms with E-state index in [0.29, 0.717) is 5.75 Å². The van der Waals surface area contributed by atoms with Crippen LogP contribution in [0.3, 0.4) is 0 Å². The highest BCUT2D eigenvalue weighted by atomic mass is 32.1. The molecule has 5 heteroatoms. The molecule has 1 atom stereocenters. The average Bonchev–Trinajstić information content (AvgIpc) is 2.24. The summed E-state index contributed by atoms with van der Waals surface area (Å²) in [5.74, 6) is 0.307. The Morgan fingerprint density at radius 2 is 1.82 bits per heavy atom. The molecule has 0 radical (unpaired) electrons. The summed E-state index contributed by atoms with van der Waals surface area (Å²) >= 11 is 3.99. The topological polar surface area (TPSA) is 55.1 Å². The monoisotopic (exact) mass is 262 g/mol. The fraction of sp³-hybridized carbons (Fsp3) is 0.917. The van der Waals surface area contributed by atoms with Crippen molar-refractivity contribution in [1.29, 1.82) is 0 Å². The van der Waals surface area contributed by atoms with Crippen molar-refractivity contribution < 1.29 is 9.28 Å². The molecule has 0 aliphatic rings. The molecule has 1 amide bonds. The molecule has 0 fully saturated rings. The highest BCUT2D eigenvalue weighted by Crippen LogP contribution is 2.02. The van der Waals surface area contributed by atoms with Gasteiger partial charge in [0.05, 0.1) is 33.7 Å². The molecule has 0 aromatic heterocycles. The number of nitrogens with two attached hydrogens (primary N) is 1. The van der Waals surface area contributed by atoms with Gasteiger partial charge in [-0.1, -0.05) is 6.42 Å². The molecule has 102 valence electrons. The largest absolute Gasteiger partial charge is 0.355 e. The van der Waals surface area contributed by atoms with Crippen LogP contribution in [0.5, 0.6) is 0 Å². The number of carbonyl (C=O) groups excluding carboxylic acids is 1. The van der Waals surface area contributed by atoms with E-state index in [-0.39, 0.29) is 5.91 Å². The summed E-state index contributed by atoms with van der Waals surface area (Å²) in [7, 11) is 6.62. The number of carbonyl (C=O) groups is 1. The lowest BCUT2D eigenvalue weighted by Gasteiger charge is -2.23. The molecule has 0 saturated carbocycles. The number of hydrogen-bond donors (Lipinski definition) is 3. The van der Waals surface area contributed by atoms with Crippen molar-refractivity contribution in [3.05, 3.63) is 0 Å². The predicted octanol–water partition coefficient (Wildman–Crippen LogP) is 0.626. The third-order valence-corrected chi connectivity index (χ3v) is 2.98. The summed E-state index contributed by atoms with van der Waals surface area (Å²) in [5, 5.41) is 2.82. The van der Waals surface area contributed by atoms with Crippen LogP contribution >= 0.6 is 12.6 Å². The Morgan fingerprint density at radius 1 is 1.24 bits per heavy atom. The van der Waals surface area contributed by atoms with Gasteiger partial charge >= 0.3 is 0 Å². The SMILES string of the molecule is C[N+](C)(C)CCCCCCNC(=O)C(N)CS. The van der Waals surface area contributed by atoms with Gasteiger partial charge in [0.15, 0.2) is 0 Å². The van der Waals surface area contributed by atoms with Gasteiger partial charge in [-0.15, -0.1) is 0 Å². The summed E-state index contributed by atoms with van der Waals surface area (Å²) in [6, 6.07) is -0.475. The maximum absolute atomic E-state index is 11.3. The van der Waals surface area contributed by atoms with Crippen LogP contribution < -0.4 is 11.1 Å². The molecular weight excluding hydrogens is 234 g/mol. The number of rotatable bonds is 9. The molecule has 3 N–H and O–H groups in total. The zero-order chi connectivity index (χ0) is 13.3. The molecular formula is C12H28N3OS+. The maximum atomic E-state index is 11.3. The second kappa shape index (κ2) is 8.78.